The number of ether oxygens (including phenoxy) is 2. The van der Waals surface area contributed by atoms with Crippen molar-refractivity contribution in [1.29, 1.82) is 0 Å². The summed E-state index contributed by atoms with van der Waals surface area (Å²) in [4.78, 5) is 13.1. The first-order valence-corrected chi connectivity index (χ1v) is 16.5. The average Bonchev–Trinajstić information content (AvgIpc) is 3.67. The molecule has 0 saturated heterocycles. The molecule has 0 aliphatic heterocycles. The highest BCUT2D eigenvalue weighted by Gasteiger charge is 2.25. The van der Waals surface area contributed by atoms with E-state index < -0.39 is 10.0 Å². The zero-order chi connectivity index (χ0) is 31.4. The van der Waals surface area contributed by atoms with Gasteiger partial charge in [0, 0.05) is 28.9 Å². The first kappa shape index (κ1) is 30.0. The van der Waals surface area contributed by atoms with Gasteiger partial charge in [0.05, 0.1) is 35.6 Å². The molecule has 2 aromatic heterocycles. The van der Waals surface area contributed by atoms with E-state index in [2.05, 4.69) is 15.5 Å². The zero-order valence-corrected chi connectivity index (χ0v) is 26.1. The van der Waals surface area contributed by atoms with Gasteiger partial charge in [-0.15, -0.1) is 10.2 Å². The van der Waals surface area contributed by atoms with Crippen LogP contribution in [-0.4, -0.2) is 52.5 Å². The molecule has 0 spiro atoms. The molecular weight excluding hydrogens is 611 g/mol. The summed E-state index contributed by atoms with van der Waals surface area (Å²) in [6, 6.07) is 30.1. The molecule has 0 aliphatic carbocycles. The van der Waals surface area contributed by atoms with E-state index in [-0.39, 0.29) is 16.6 Å². The fourth-order valence-electron chi connectivity index (χ4n) is 4.88. The quantitative estimate of drug-likeness (QED) is 0.165. The minimum absolute atomic E-state index is 0.0550. The van der Waals surface area contributed by atoms with Crippen molar-refractivity contribution in [3.8, 4) is 28.6 Å². The number of benzene rings is 4. The monoisotopic (exact) mass is 639 g/mol. The molecule has 228 valence electrons. The van der Waals surface area contributed by atoms with E-state index in [0.29, 0.717) is 51.2 Å². The van der Waals surface area contributed by atoms with Crippen LogP contribution in [0, 0.1) is 0 Å². The maximum absolute atomic E-state index is 13.8. The number of anilines is 1. The van der Waals surface area contributed by atoms with E-state index in [1.165, 1.54) is 15.7 Å². The third kappa shape index (κ3) is 6.15. The maximum Gasteiger partial charge on any atom is 0.268 e. The number of hydrogen-bond acceptors (Lipinski definition) is 8. The summed E-state index contributed by atoms with van der Waals surface area (Å²) in [6.07, 6.45) is 1.57. The van der Waals surface area contributed by atoms with E-state index in [4.69, 9.17) is 9.47 Å². The summed E-state index contributed by atoms with van der Waals surface area (Å²) >= 11 is 1.21. The molecule has 6 aromatic rings. The van der Waals surface area contributed by atoms with Crippen LogP contribution in [0.1, 0.15) is 6.92 Å². The van der Waals surface area contributed by atoms with Crippen molar-refractivity contribution in [2.45, 2.75) is 17.0 Å². The minimum atomic E-state index is -3.92. The van der Waals surface area contributed by atoms with Crippen LogP contribution in [0.25, 0.3) is 28.0 Å². The smallest absolute Gasteiger partial charge is 0.268 e. The first-order valence-electron chi connectivity index (χ1n) is 14.1. The Labute approximate surface area is 264 Å². The van der Waals surface area contributed by atoms with Gasteiger partial charge in [-0.3, -0.25) is 9.36 Å². The van der Waals surface area contributed by atoms with Crippen molar-refractivity contribution in [3.05, 3.63) is 109 Å². The van der Waals surface area contributed by atoms with Crippen LogP contribution in [0.15, 0.2) is 119 Å². The van der Waals surface area contributed by atoms with Crippen LogP contribution < -0.4 is 14.8 Å². The van der Waals surface area contributed by atoms with Crippen molar-refractivity contribution < 1.29 is 22.7 Å². The number of carbonyl (C=O) groups excluding carboxylic acids is 1. The van der Waals surface area contributed by atoms with Crippen molar-refractivity contribution in [2.75, 3.05) is 24.8 Å². The van der Waals surface area contributed by atoms with Crippen molar-refractivity contribution in [3.63, 3.8) is 0 Å². The van der Waals surface area contributed by atoms with Gasteiger partial charge in [-0.25, -0.2) is 12.4 Å². The molecule has 4 aromatic carbocycles. The van der Waals surface area contributed by atoms with Crippen LogP contribution in [0.2, 0.25) is 0 Å². The summed E-state index contributed by atoms with van der Waals surface area (Å²) in [5.74, 6) is 1.58. The Morgan fingerprint density at radius 1 is 0.889 bits per heavy atom. The van der Waals surface area contributed by atoms with E-state index in [9.17, 15) is 13.2 Å². The van der Waals surface area contributed by atoms with Crippen LogP contribution in [0.5, 0.6) is 11.5 Å². The number of aromatic nitrogens is 4. The second kappa shape index (κ2) is 12.9. The predicted molar refractivity (Wildman–Crippen MR) is 175 cm³/mol. The maximum atomic E-state index is 13.8. The molecule has 0 saturated carbocycles. The normalized spacial score (nSPS) is 11.4. The van der Waals surface area contributed by atoms with E-state index in [1.807, 2.05) is 43.3 Å². The summed E-state index contributed by atoms with van der Waals surface area (Å²) in [5, 5.41) is 13.0. The lowest BCUT2D eigenvalue weighted by Gasteiger charge is -2.11. The Hall–Kier alpha value is -5.07. The van der Waals surface area contributed by atoms with E-state index in [0.717, 1.165) is 5.75 Å². The van der Waals surface area contributed by atoms with Crippen LogP contribution >= 0.6 is 11.8 Å². The van der Waals surface area contributed by atoms with Crippen LogP contribution in [0.3, 0.4) is 0 Å². The number of fused-ring (bicyclic) bond motifs is 1. The van der Waals surface area contributed by atoms with Gasteiger partial charge in [0.1, 0.15) is 11.5 Å². The third-order valence-electron chi connectivity index (χ3n) is 6.95. The molecule has 10 nitrogen and oxygen atoms in total. The molecule has 6 rings (SSSR count). The molecule has 45 heavy (non-hydrogen) atoms. The van der Waals surface area contributed by atoms with Crippen molar-refractivity contribution in [2.24, 2.45) is 0 Å². The molecule has 12 heteroatoms. The summed E-state index contributed by atoms with van der Waals surface area (Å²) in [6.45, 7) is 2.47. The van der Waals surface area contributed by atoms with Gasteiger partial charge in [-0.05, 0) is 61.5 Å². The number of thioether (sulfide) groups is 1. The number of rotatable bonds is 11. The highest BCUT2D eigenvalue weighted by Crippen LogP contribution is 2.36. The van der Waals surface area contributed by atoms with Gasteiger partial charge in [-0.1, -0.05) is 54.2 Å². The molecule has 0 fully saturated rings. The lowest BCUT2D eigenvalue weighted by molar-refractivity contribution is -0.113. The summed E-state index contributed by atoms with van der Waals surface area (Å²) in [7, 11) is -2.34. The largest absolute Gasteiger partial charge is 0.497 e. The van der Waals surface area contributed by atoms with Crippen LogP contribution in [-0.2, 0) is 14.8 Å². The van der Waals surface area contributed by atoms with Crippen molar-refractivity contribution >= 4 is 44.3 Å². The molecule has 0 aliphatic rings. The number of methoxy groups -OCH3 is 1. The van der Waals surface area contributed by atoms with Gasteiger partial charge in [0.15, 0.2) is 11.0 Å². The lowest BCUT2D eigenvalue weighted by Crippen LogP contribution is -2.14. The van der Waals surface area contributed by atoms with E-state index >= 15 is 0 Å². The second-order valence-corrected chi connectivity index (χ2v) is 12.6. The highest BCUT2D eigenvalue weighted by atomic mass is 32.2. The highest BCUT2D eigenvalue weighted by molar-refractivity contribution is 7.99. The number of nitrogens with zero attached hydrogens (tertiary/aromatic N) is 4. The third-order valence-corrected chi connectivity index (χ3v) is 9.56. The Bertz CT molecular complexity index is 2070. The fraction of sp³-hybridized carbons (Fsp3) is 0.121. The zero-order valence-electron chi connectivity index (χ0n) is 24.5. The van der Waals surface area contributed by atoms with Gasteiger partial charge in [0.2, 0.25) is 5.91 Å². The number of nitrogens with one attached hydrogen (secondary N) is 1. The summed E-state index contributed by atoms with van der Waals surface area (Å²) < 4.78 is 41.6. The van der Waals surface area contributed by atoms with Gasteiger partial charge < -0.3 is 14.8 Å². The van der Waals surface area contributed by atoms with Crippen molar-refractivity contribution in [1.82, 2.24) is 18.7 Å². The summed E-state index contributed by atoms with van der Waals surface area (Å²) in [5.41, 5.74) is 2.39. The first-order chi connectivity index (χ1) is 21.9. The average molecular weight is 640 g/mol. The molecule has 0 unspecified atom stereocenters. The number of hydrogen-bond donors (Lipinski definition) is 1. The molecule has 0 bridgehead atoms. The number of amides is 1. The molecule has 0 atom stereocenters. The number of para-hydroxylation sites is 1. The Morgan fingerprint density at radius 3 is 2.40 bits per heavy atom. The SMILES string of the molecule is CCOc1ccc(NC(=O)CSc2nnc(-c3cn(S(=O)(=O)c4ccccc4)c4ccccc34)n2-c2cccc(OC)c2)cc1. The topological polar surface area (TPSA) is 117 Å². The van der Waals surface area contributed by atoms with E-state index in [1.54, 1.807) is 84.6 Å². The molecule has 0 radical (unpaired) electrons. The second-order valence-electron chi connectivity index (χ2n) is 9.81. The van der Waals surface area contributed by atoms with Crippen LogP contribution in [0.4, 0.5) is 5.69 Å². The van der Waals surface area contributed by atoms with Gasteiger partial charge in [-0.2, -0.15) is 0 Å². The fourth-order valence-corrected chi connectivity index (χ4v) is 7.02. The minimum Gasteiger partial charge on any atom is -0.497 e. The Balaban J connectivity index is 1.39. The van der Waals surface area contributed by atoms with Gasteiger partial charge >= 0.3 is 0 Å². The lowest BCUT2D eigenvalue weighted by atomic mass is 10.1. The molecule has 2 heterocycles. The number of carbonyl (C=O) groups is 1. The molecule has 1 amide bonds. The predicted octanol–water partition coefficient (Wildman–Crippen LogP) is 6.26. The van der Waals surface area contributed by atoms with Gasteiger partial charge in [0.25, 0.3) is 10.0 Å². The Kier molecular flexibility index (Phi) is 8.58. The molecule has 1 N–H and O–H groups in total. The Morgan fingerprint density at radius 2 is 1.64 bits per heavy atom. The standard InChI is InChI=1S/C33H29N5O5S2/c1-3-43-25-18-16-23(17-19-25)34-31(39)22-44-33-36-35-32(38(33)24-10-9-11-26(20-24)42-2)29-21-37(30-15-8-7-14-28(29)30)45(40,41)27-12-5-4-6-13-27/h4-21H,3,22H2,1-2H3,(H,34,39). The molecular formula is C33H29N5O5S2.